The third kappa shape index (κ3) is 3.57. The summed E-state index contributed by atoms with van der Waals surface area (Å²) in [4.78, 5) is 29.1. The first-order valence-electron chi connectivity index (χ1n) is 9.36. The van der Waals surface area contributed by atoms with Gasteiger partial charge in [0, 0.05) is 5.39 Å². The maximum absolute atomic E-state index is 12.9. The number of primary amides is 1. The van der Waals surface area contributed by atoms with E-state index in [2.05, 4.69) is 0 Å². The molecule has 0 unspecified atom stereocenters. The molecule has 0 saturated carbocycles. The van der Waals surface area contributed by atoms with Gasteiger partial charge in [0.1, 0.15) is 5.75 Å². The van der Waals surface area contributed by atoms with Gasteiger partial charge < -0.3 is 15.6 Å². The first-order valence-corrected chi connectivity index (χ1v) is 9.36. The Morgan fingerprint density at radius 3 is 2.59 bits per heavy atom. The molecule has 146 valence electrons. The fourth-order valence-corrected chi connectivity index (χ4v) is 3.56. The van der Waals surface area contributed by atoms with E-state index in [0.717, 1.165) is 28.8 Å². The largest absolute Gasteiger partial charge is 0.508 e. The van der Waals surface area contributed by atoms with Crippen LogP contribution in [0.5, 0.6) is 5.75 Å². The molecule has 1 aromatic heterocycles. The van der Waals surface area contributed by atoms with Gasteiger partial charge in [-0.2, -0.15) is 0 Å². The molecule has 6 nitrogen and oxygen atoms in total. The number of carbonyl (C=O) groups excluding carboxylic acids is 2. The van der Waals surface area contributed by atoms with Crippen molar-refractivity contribution in [2.45, 2.75) is 25.9 Å². The molecule has 0 spiro atoms. The number of esters is 1. The molecule has 0 fully saturated rings. The summed E-state index contributed by atoms with van der Waals surface area (Å²) in [6, 6.07) is 14.3. The highest BCUT2D eigenvalue weighted by Gasteiger charge is 2.29. The molecule has 1 aliphatic rings. The van der Waals surface area contributed by atoms with E-state index in [9.17, 15) is 14.7 Å². The predicted octanol–water partition coefficient (Wildman–Crippen LogP) is 3.46. The number of nitrogens with two attached hydrogens (primary N) is 1. The topological polar surface area (TPSA) is 103 Å². The predicted molar refractivity (Wildman–Crippen MR) is 110 cm³/mol. The number of benzene rings is 2. The highest BCUT2D eigenvalue weighted by molar-refractivity contribution is 6.07. The van der Waals surface area contributed by atoms with Crippen molar-refractivity contribution in [3.8, 4) is 5.75 Å². The van der Waals surface area contributed by atoms with Gasteiger partial charge in [-0.15, -0.1) is 0 Å². The fourth-order valence-electron chi connectivity index (χ4n) is 3.56. The van der Waals surface area contributed by atoms with Crippen LogP contribution < -0.4 is 5.73 Å². The smallest absolute Gasteiger partial charge is 0.339 e. The number of aromatic hydroxyl groups is 1. The minimum Gasteiger partial charge on any atom is -0.508 e. The zero-order valence-corrected chi connectivity index (χ0v) is 15.9. The Bertz CT molecular complexity index is 1150. The van der Waals surface area contributed by atoms with Crippen LogP contribution in [0, 0.1) is 0 Å². The number of phenolic OH excluding ortho intramolecular Hbond substituents is 1. The number of ether oxygens (including phenoxy) is 1. The summed E-state index contributed by atoms with van der Waals surface area (Å²) in [5.41, 5.74) is 9.89. The Hall–Kier alpha value is -3.67. The third-order valence-electron chi connectivity index (χ3n) is 5.06. The lowest BCUT2D eigenvalue weighted by atomic mass is 10.0. The van der Waals surface area contributed by atoms with Gasteiger partial charge in [-0.1, -0.05) is 30.3 Å². The first kappa shape index (κ1) is 18.7. The summed E-state index contributed by atoms with van der Waals surface area (Å²) in [5.74, 6) is -1.06. The van der Waals surface area contributed by atoms with Crippen molar-refractivity contribution in [2.24, 2.45) is 5.73 Å². The average Bonchev–Trinajstić information content (AvgIpc) is 3.09. The fraction of sp³-hybridized carbons (Fsp3) is 0.174. The minimum absolute atomic E-state index is 0.205. The van der Waals surface area contributed by atoms with Gasteiger partial charge in [0.05, 0.1) is 16.8 Å². The van der Waals surface area contributed by atoms with E-state index in [4.69, 9.17) is 15.5 Å². The quantitative estimate of drug-likeness (QED) is 0.667. The molecule has 0 bridgehead atoms. The first-order chi connectivity index (χ1) is 13.9. The second-order valence-corrected chi connectivity index (χ2v) is 7.04. The van der Waals surface area contributed by atoms with E-state index in [-0.39, 0.29) is 5.75 Å². The number of phenols is 1. The number of carbonyl (C=O) groups is 2. The van der Waals surface area contributed by atoms with Crippen molar-refractivity contribution in [3.05, 3.63) is 70.9 Å². The Labute approximate surface area is 167 Å². The third-order valence-corrected chi connectivity index (χ3v) is 5.06. The molecule has 6 heteroatoms. The number of hydrogen-bond acceptors (Lipinski definition) is 5. The number of para-hydroxylation sites is 1. The lowest BCUT2D eigenvalue weighted by molar-refractivity contribution is -0.125. The van der Waals surface area contributed by atoms with Crippen LogP contribution in [0.3, 0.4) is 0 Å². The van der Waals surface area contributed by atoms with Gasteiger partial charge in [0.2, 0.25) is 0 Å². The zero-order chi connectivity index (χ0) is 20.5. The number of allylic oxidation sites excluding steroid dienone is 1. The number of aromatic nitrogens is 1. The number of nitrogens with zero attached hydrogens (tertiary/aromatic N) is 1. The van der Waals surface area contributed by atoms with Crippen LogP contribution in [0.25, 0.3) is 22.6 Å². The Morgan fingerprint density at radius 1 is 1.14 bits per heavy atom. The van der Waals surface area contributed by atoms with E-state index in [1.54, 1.807) is 12.1 Å². The summed E-state index contributed by atoms with van der Waals surface area (Å²) < 4.78 is 5.31. The Balaban J connectivity index is 1.84. The van der Waals surface area contributed by atoms with E-state index in [0.29, 0.717) is 22.9 Å². The summed E-state index contributed by atoms with van der Waals surface area (Å²) in [6.07, 6.45) is 2.37. The molecule has 29 heavy (non-hydrogen) atoms. The molecule has 4 rings (SSSR count). The van der Waals surface area contributed by atoms with E-state index < -0.39 is 18.0 Å². The highest BCUT2D eigenvalue weighted by Crippen LogP contribution is 2.38. The van der Waals surface area contributed by atoms with Gasteiger partial charge in [-0.25, -0.2) is 9.78 Å². The molecule has 3 aromatic rings. The minimum atomic E-state index is -1.02. The molecule has 0 saturated heterocycles. The maximum atomic E-state index is 12.9. The molecule has 0 aliphatic heterocycles. The molecule has 2 aromatic carbocycles. The van der Waals surface area contributed by atoms with Crippen LogP contribution in [0.4, 0.5) is 0 Å². The Kier molecular flexibility index (Phi) is 4.76. The van der Waals surface area contributed by atoms with Crippen molar-refractivity contribution in [3.63, 3.8) is 0 Å². The molecular weight excluding hydrogens is 368 g/mol. The monoisotopic (exact) mass is 388 g/mol. The van der Waals surface area contributed by atoms with Crippen molar-refractivity contribution >= 4 is 34.4 Å². The van der Waals surface area contributed by atoms with Gasteiger partial charge >= 0.3 is 5.97 Å². The maximum Gasteiger partial charge on any atom is 0.339 e. The number of hydrogen-bond donors (Lipinski definition) is 2. The average molecular weight is 388 g/mol. The molecule has 1 amide bonds. The van der Waals surface area contributed by atoms with Crippen LogP contribution in [0.1, 0.15) is 40.5 Å². The summed E-state index contributed by atoms with van der Waals surface area (Å²) in [7, 11) is 0. The SMILES string of the molecule is C[C@@H](OC(=O)c1c2c(nc3ccccc13)/C(=C/c1ccc(O)cc1)CC2)C(N)=O. The van der Waals surface area contributed by atoms with E-state index in [1.165, 1.54) is 6.92 Å². The number of fused-ring (bicyclic) bond motifs is 2. The number of pyridine rings is 1. The number of rotatable bonds is 4. The lowest BCUT2D eigenvalue weighted by Crippen LogP contribution is -2.30. The van der Waals surface area contributed by atoms with Gasteiger partial charge in [0.25, 0.3) is 5.91 Å². The lowest BCUT2D eigenvalue weighted by Gasteiger charge is -2.14. The van der Waals surface area contributed by atoms with Gasteiger partial charge in [-0.05, 0) is 60.7 Å². The van der Waals surface area contributed by atoms with Crippen molar-refractivity contribution in [2.75, 3.05) is 0 Å². The molecule has 1 heterocycles. The van der Waals surface area contributed by atoms with Crippen molar-refractivity contribution < 1.29 is 19.4 Å². The van der Waals surface area contributed by atoms with Crippen LogP contribution in [-0.2, 0) is 16.0 Å². The zero-order valence-electron chi connectivity index (χ0n) is 15.9. The number of amides is 1. The molecule has 1 aliphatic carbocycles. The van der Waals surface area contributed by atoms with E-state index in [1.807, 2.05) is 42.5 Å². The normalized spacial score (nSPS) is 15.3. The van der Waals surface area contributed by atoms with Crippen LogP contribution in [0.2, 0.25) is 0 Å². The van der Waals surface area contributed by atoms with Crippen LogP contribution in [0.15, 0.2) is 48.5 Å². The second kappa shape index (κ2) is 7.39. The van der Waals surface area contributed by atoms with Crippen LogP contribution >= 0.6 is 0 Å². The Morgan fingerprint density at radius 2 is 1.86 bits per heavy atom. The molecule has 1 atom stereocenters. The standard InChI is InChI=1S/C23H20N2O4/c1-13(22(24)27)29-23(28)20-17-4-2-3-5-19(17)25-21-15(8-11-18(20)21)12-14-6-9-16(26)10-7-14/h2-7,9-10,12-13,26H,8,11H2,1H3,(H2,24,27)/b15-12+/t13-/m1/s1. The molecular formula is C23H20N2O4. The molecule has 3 N–H and O–H groups in total. The van der Waals surface area contributed by atoms with Gasteiger partial charge in [-0.3, -0.25) is 4.79 Å². The summed E-state index contributed by atoms with van der Waals surface area (Å²) in [5, 5.41) is 10.2. The molecule has 0 radical (unpaired) electrons. The van der Waals surface area contributed by atoms with Crippen LogP contribution in [-0.4, -0.2) is 28.1 Å². The van der Waals surface area contributed by atoms with Gasteiger partial charge in [0.15, 0.2) is 6.10 Å². The van der Waals surface area contributed by atoms with Crippen molar-refractivity contribution in [1.29, 1.82) is 0 Å². The summed E-state index contributed by atoms with van der Waals surface area (Å²) in [6.45, 7) is 1.46. The highest BCUT2D eigenvalue weighted by atomic mass is 16.5. The second-order valence-electron chi connectivity index (χ2n) is 7.04. The van der Waals surface area contributed by atoms with E-state index >= 15 is 0 Å². The van der Waals surface area contributed by atoms with Crippen molar-refractivity contribution in [1.82, 2.24) is 4.98 Å². The summed E-state index contributed by atoms with van der Waals surface area (Å²) >= 11 is 0.